The Balaban J connectivity index is 1.15. The standard InChI is InChI=1S/C26H25N3O6/c30-24(27-13-16(25(31)32)11-15-9-10-15)22-12-23(35-29-22)28-26(33)34-14-21-19-7-3-1-5-17(19)18-6-2-4-8-20(18)21/h1-8,12,15-16,21H,9-11,13-14H2,(H,27,30)(H,28,33)(H,31,32). The molecule has 0 radical (unpaired) electrons. The topological polar surface area (TPSA) is 131 Å². The Morgan fingerprint density at radius 3 is 2.34 bits per heavy atom. The molecule has 5 rings (SSSR count). The first-order valence-corrected chi connectivity index (χ1v) is 11.6. The van der Waals surface area contributed by atoms with Crippen molar-refractivity contribution in [1.82, 2.24) is 10.5 Å². The lowest BCUT2D eigenvalue weighted by atomic mass is 9.98. The first-order chi connectivity index (χ1) is 17.0. The Labute approximate surface area is 201 Å². The number of rotatable bonds is 9. The molecule has 9 nitrogen and oxygen atoms in total. The van der Waals surface area contributed by atoms with Crippen molar-refractivity contribution in [2.75, 3.05) is 18.5 Å². The molecule has 2 aliphatic rings. The Bertz CT molecular complexity index is 1220. The lowest BCUT2D eigenvalue weighted by molar-refractivity contribution is -0.141. The molecule has 1 unspecified atom stereocenters. The summed E-state index contributed by atoms with van der Waals surface area (Å²) in [5.74, 6) is -1.85. The van der Waals surface area contributed by atoms with Crippen molar-refractivity contribution in [1.29, 1.82) is 0 Å². The van der Waals surface area contributed by atoms with Gasteiger partial charge in [0.1, 0.15) is 6.61 Å². The fraction of sp³-hybridized carbons (Fsp3) is 0.308. The van der Waals surface area contributed by atoms with E-state index in [4.69, 9.17) is 9.26 Å². The summed E-state index contributed by atoms with van der Waals surface area (Å²) in [4.78, 5) is 36.1. The normalized spacial score (nSPS) is 15.1. The number of nitrogens with one attached hydrogen (secondary N) is 2. The van der Waals surface area contributed by atoms with Crippen LogP contribution < -0.4 is 10.6 Å². The Morgan fingerprint density at radius 1 is 1.06 bits per heavy atom. The second kappa shape index (κ2) is 9.61. The number of aromatic nitrogens is 1. The van der Waals surface area contributed by atoms with Gasteiger partial charge in [-0.25, -0.2) is 4.79 Å². The third-order valence-electron chi connectivity index (χ3n) is 6.48. The quantitative estimate of drug-likeness (QED) is 0.421. The molecule has 1 aromatic heterocycles. The first kappa shape index (κ1) is 22.6. The highest BCUT2D eigenvalue weighted by atomic mass is 16.6. The summed E-state index contributed by atoms with van der Waals surface area (Å²) in [6.07, 6.45) is 1.88. The number of carbonyl (C=O) groups excluding carboxylic acids is 2. The summed E-state index contributed by atoms with van der Waals surface area (Å²) in [7, 11) is 0. The molecule has 2 amide bonds. The van der Waals surface area contributed by atoms with Crippen molar-refractivity contribution in [3.63, 3.8) is 0 Å². The van der Waals surface area contributed by atoms with Crippen LogP contribution in [0.15, 0.2) is 59.1 Å². The summed E-state index contributed by atoms with van der Waals surface area (Å²) in [6, 6.07) is 17.3. The average molecular weight is 476 g/mol. The fourth-order valence-electron chi connectivity index (χ4n) is 4.51. The van der Waals surface area contributed by atoms with Gasteiger partial charge in [-0.3, -0.25) is 14.9 Å². The highest BCUT2D eigenvalue weighted by Gasteiger charge is 2.30. The molecule has 0 bridgehead atoms. The van der Waals surface area contributed by atoms with E-state index in [-0.39, 0.29) is 30.6 Å². The number of ether oxygens (including phenoxy) is 1. The number of hydrogen-bond acceptors (Lipinski definition) is 6. The highest BCUT2D eigenvalue weighted by Crippen LogP contribution is 2.44. The number of fused-ring (bicyclic) bond motifs is 3. The minimum absolute atomic E-state index is 0.00661. The molecule has 1 atom stereocenters. The van der Waals surface area contributed by atoms with Gasteiger partial charge in [-0.05, 0) is 34.6 Å². The molecule has 3 aromatic rings. The number of anilines is 1. The van der Waals surface area contributed by atoms with Crippen LogP contribution in [0.5, 0.6) is 0 Å². The van der Waals surface area contributed by atoms with Gasteiger partial charge in [-0.2, -0.15) is 0 Å². The average Bonchev–Trinajstić information content (AvgIpc) is 3.46. The van der Waals surface area contributed by atoms with E-state index in [1.54, 1.807) is 0 Å². The molecule has 0 saturated heterocycles. The van der Waals surface area contributed by atoms with Crippen molar-refractivity contribution in [3.8, 4) is 11.1 Å². The van der Waals surface area contributed by atoms with Crippen molar-refractivity contribution in [3.05, 3.63) is 71.4 Å². The molecular formula is C26H25N3O6. The third-order valence-corrected chi connectivity index (χ3v) is 6.48. The number of carbonyl (C=O) groups is 3. The molecule has 9 heteroatoms. The second-order valence-corrected chi connectivity index (χ2v) is 8.95. The zero-order valence-corrected chi connectivity index (χ0v) is 18.9. The lowest BCUT2D eigenvalue weighted by Crippen LogP contribution is -2.33. The number of carboxylic acids is 1. The van der Waals surface area contributed by atoms with Crippen LogP contribution >= 0.6 is 0 Å². The highest BCUT2D eigenvalue weighted by molar-refractivity contribution is 5.94. The Hall–Kier alpha value is -4.14. The zero-order valence-electron chi connectivity index (χ0n) is 18.9. The number of benzene rings is 2. The molecular weight excluding hydrogens is 450 g/mol. The molecule has 1 heterocycles. The van der Waals surface area contributed by atoms with Crippen LogP contribution in [-0.4, -0.2) is 41.4 Å². The third kappa shape index (κ3) is 5.03. The lowest BCUT2D eigenvalue weighted by Gasteiger charge is -2.13. The summed E-state index contributed by atoms with van der Waals surface area (Å²) in [5, 5.41) is 18.0. The summed E-state index contributed by atoms with van der Waals surface area (Å²) in [6.45, 7) is 0.144. The minimum Gasteiger partial charge on any atom is -0.481 e. The van der Waals surface area contributed by atoms with Gasteiger partial charge >= 0.3 is 12.1 Å². The molecule has 2 aliphatic carbocycles. The Morgan fingerprint density at radius 2 is 1.71 bits per heavy atom. The van der Waals surface area contributed by atoms with Gasteiger partial charge in [0.25, 0.3) is 5.91 Å². The summed E-state index contributed by atoms with van der Waals surface area (Å²) >= 11 is 0. The first-order valence-electron chi connectivity index (χ1n) is 11.6. The Kier molecular flexibility index (Phi) is 6.22. The van der Waals surface area contributed by atoms with E-state index >= 15 is 0 Å². The van der Waals surface area contributed by atoms with Crippen LogP contribution in [-0.2, 0) is 9.53 Å². The van der Waals surface area contributed by atoms with Gasteiger partial charge in [0.2, 0.25) is 5.88 Å². The molecule has 1 saturated carbocycles. The maximum absolute atomic E-state index is 12.4. The number of nitrogens with zero attached hydrogens (tertiary/aromatic N) is 1. The number of aliphatic carboxylic acids is 1. The van der Waals surface area contributed by atoms with Gasteiger partial charge in [0.05, 0.1) is 5.92 Å². The number of amides is 2. The van der Waals surface area contributed by atoms with Crippen LogP contribution in [0.4, 0.5) is 10.7 Å². The van der Waals surface area contributed by atoms with Crippen LogP contribution in [0.3, 0.4) is 0 Å². The largest absolute Gasteiger partial charge is 0.481 e. The molecule has 3 N–H and O–H groups in total. The van der Waals surface area contributed by atoms with E-state index in [1.807, 2.05) is 36.4 Å². The van der Waals surface area contributed by atoms with Crippen LogP contribution in [0, 0.1) is 11.8 Å². The van der Waals surface area contributed by atoms with Crippen molar-refractivity contribution in [2.24, 2.45) is 11.8 Å². The van der Waals surface area contributed by atoms with Gasteiger partial charge in [0.15, 0.2) is 5.69 Å². The van der Waals surface area contributed by atoms with Crippen molar-refractivity contribution in [2.45, 2.75) is 25.2 Å². The zero-order chi connectivity index (χ0) is 24.4. The maximum atomic E-state index is 12.4. The second-order valence-electron chi connectivity index (χ2n) is 8.95. The van der Waals surface area contributed by atoms with Crippen LogP contribution in [0.1, 0.15) is 46.8 Å². The van der Waals surface area contributed by atoms with E-state index < -0.39 is 23.9 Å². The smallest absolute Gasteiger partial charge is 0.414 e. The summed E-state index contributed by atoms with van der Waals surface area (Å²) in [5.41, 5.74) is 4.40. The van der Waals surface area contributed by atoms with Crippen molar-refractivity contribution < 1.29 is 28.8 Å². The SMILES string of the molecule is O=C(Nc1cc(C(=O)NCC(CC2CC2)C(=O)O)no1)OCC1c2ccccc2-c2ccccc21. The van der Waals surface area contributed by atoms with E-state index in [1.165, 1.54) is 6.07 Å². The van der Waals surface area contributed by atoms with Gasteiger partial charge in [-0.15, -0.1) is 0 Å². The van der Waals surface area contributed by atoms with E-state index in [9.17, 15) is 19.5 Å². The van der Waals surface area contributed by atoms with Crippen LogP contribution in [0.2, 0.25) is 0 Å². The monoisotopic (exact) mass is 475 g/mol. The van der Waals surface area contributed by atoms with Gasteiger partial charge in [-0.1, -0.05) is 66.5 Å². The predicted octanol–water partition coefficient (Wildman–Crippen LogP) is 4.27. The van der Waals surface area contributed by atoms with E-state index in [0.29, 0.717) is 12.3 Å². The van der Waals surface area contributed by atoms with Gasteiger partial charge in [0, 0.05) is 18.5 Å². The van der Waals surface area contributed by atoms with Crippen molar-refractivity contribution >= 4 is 23.9 Å². The van der Waals surface area contributed by atoms with Gasteiger partial charge < -0.3 is 19.7 Å². The van der Waals surface area contributed by atoms with Crippen LogP contribution in [0.25, 0.3) is 11.1 Å². The maximum Gasteiger partial charge on any atom is 0.414 e. The van der Waals surface area contributed by atoms with E-state index in [2.05, 4.69) is 27.9 Å². The minimum atomic E-state index is -0.935. The molecule has 1 fully saturated rings. The number of hydrogen-bond donors (Lipinski definition) is 3. The predicted molar refractivity (Wildman–Crippen MR) is 126 cm³/mol. The number of carboxylic acid groups (broad SMARTS) is 1. The van der Waals surface area contributed by atoms with E-state index in [0.717, 1.165) is 35.1 Å². The molecule has 2 aromatic carbocycles. The molecule has 35 heavy (non-hydrogen) atoms. The molecule has 0 spiro atoms. The summed E-state index contributed by atoms with van der Waals surface area (Å²) < 4.78 is 10.5. The molecule has 0 aliphatic heterocycles. The fourth-order valence-corrected chi connectivity index (χ4v) is 4.51. The molecule has 180 valence electrons.